The second kappa shape index (κ2) is 8.39. The predicted octanol–water partition coefficient (Wildman–Crippen LogP) is 5.42. The number of benzene rings is 2. The number of nitrogens with zero attached hydrogens (tertiary/aromatic N) is 3. The van der Waals surface area contributed by atoms with E-state index < -0.39 is 5.97 Å². The molecule has 0 spiro atoms. The van der Waals surface area contributed by atoms with E-state index in [-0.39, 0.29) is 12.2 Å². The quantitative estimate of drug-likeness (QED) is 0.395. The molecule has 0 saturated carbocycles. The molecule has 0 bridgehead atoms. The van der Waals surface area contributed by atoms with Gasteiger partial charge in [-0.25, -0.2) is 14.8 Å². The first-order valence-electron chi connectivity index (χ1n) is 9.55. The molecule has 0 radical (unpaired) electrons. The van der Waals surface area contributed by atoms with Crippen LogP contribution in [-0.4, -0.2) is 25.6 Å². The molecule has 7 nitrogen and oxygen atoms in total. The average molecular weight is 482 g/mol. The van der Waals surface area contributed by atoms with E-state index in [2.05, 4.69) is 25.9 Å². The molecule has 0 aliphatic rings. The second-order valence-electron chi connectivity index (χ2n) is 7.08. The minimum atomic E-state index is -0.978. The van der Waals surface area contributed by atoms with E-state index in [0.29, 0.717) is 28.8 Å². The third-order valence-electron chi connectivity index (χ3n) is 5.03. The standard InChI is InChI=1S/C23H20BrN3O4/c1-13-16(23(28)29)5-4-6-20(13)30-12-21-26-18-9-7-15(11-19(18)27(21)3)31-22-10-8-17(24)14(2)25-22/h4-11H,12H2,1-3H3,(H,28,29). The lowest BCUT2D eigenvalue weighted by Gasteiger charge is -2.11. The molecule has 4 aromatic rings. The first kappa shape index (κ1) is 20.9. The fourth-order valence-electron chi connectivity index (χ4n) is 3.26. The van der Waals surface area contributed by atoms with Gasteiger partial charge in [0.2, 0.25) is 5.88 Å². The summed E-state index contributed by atoms with van der Waals surface area (Å²) in [5.74, 6) is 1.42. The number of halogens is 1. The van der Waals surface area contributed by atoms with Gasteiger partial charge >= 0.3 is 5.97 Å². The summed E-state index contributed by atoms with van der Waals surface area (Å²) in [4.78, 5) is 20.4. The van der Waals surface area contributed by atoms with Crippen molar-refractivity contribution >= 4 is 32.9 Å². The number of hydrogen-bond acceptors (Lipinski definition) is 5. The summed E-state index contributed by atoms with van der Waals surface area (Å²) in [5.41, 5.74) is 3.36. The Labute approximate surface area is 187 Å². The topological polar surface area (TPSA) is 86.5 Å². The molecule has 2 aromatic heterocycles. The highest BCUT2D eigenvalue weighted by atomic mass is 79.9. The zero-order valence-corrected chi connectivity index (χ0v) is 18.8. The summed E-state index contributed by atoms with van der Waals surface area (Å²) in [6.45, 7) is 3.84. The Morgan fingerprint density at radius 1 is 1.13 bits per heavy atom. The molecule has 0 fully saturated rings. The largest absolute Gasteiger partial charge is 0.485 e. The second-order valence-corrected chi connectivity index (χ2v) is 7.93. The number of carbonyl (C=O) groups is 1. The number of rotatable bonds is 6. The van der Waals surface area contributed by atoms with E-state index in [1.54, 1.807) is 31.2 Å². The molecule has 0 atom stereocenters. The first-order chi connectivity index (χ1) is 14.8. The summed E-state index contributed by atoms with van der Waals surface area (Å²) >= 11 is 3.44. The molecule has 8 heteroatoms. The van der Waals surface area contributed by atoms with E-state index in [1.807, 2.05) is 42.8 Å². The fraction of sp³-hybridized carbons (Fsp3) is 0.174. The number of carboxylic acid groups (broad SMARTS) is 1. The number of aromatic carboxylic acids is 1. The van der Waals surface area contributed by atoms with E-state index in [4.69, 9.17) is 9.47 Å². The van der Waals surface area contributed by atoms with Crippen molar-refractivity contribution in [2.75, 3.05) is 0 Å². The van der Waals surface area contributed by atoms with Crippen molar-refractivity contribution in [3.8, 4) is 17.4 Å². The van der Waals surface area contributed by atoms with Gasteiger partial charge in [-0.1, -0.05) is 6.07 Å². The Kier molecular flexibility index (Phi) is 5.65. The minimum absolute atomic E-state index is 0.207. The summed E-state index contributed by atoms with van der Waals surface area (Å²) in [5, 5.41) is 9.28. The molecule has 0 saturated heterocycles. The highest BCUT2D eigenvalue weighted by Gasteiger charge is 2.14. The fourth-order valence-corrected chi connectivity index (χ4v) is 3.48. The molecular weight excluding hydrogens is 462 g/mol. The maximum atomic E-state index is 11.3. The van der Waals surface area contributed by atoms with Crippen LogP contribution in [0, 0.1) is 13.8 Å². The van der Waals surface area contributed by atoms with E-state index in [9.17, 15) is 9.90 Å². The van der Waals surface area contributed by atoms with E-state index in [0.717, 1.165) is 21.2 Å². The van der Waals surface area contributed by atoms with Gasteiger partial charge in [-0.15, -0.1) is 0 Å². The molecule has 0 amide bonds. The third-order valence-corrected chi connectivity index (χ3v) is 5.87. The minimum Gasteiger partial charge on any atom is -0.485 e. The highest BCUT2D eigenvalue weighted by Crippen LogP contribution is 2.27. The van der Waals surface area contributed by atoms with Gasteiger partial charge in [-0.2, -0.15) is 0 Å². The molecule has 0 aliphatic heterocycles. The summed E-state index contributed by atoms with van der Waals surface area (Å²) in [6.07, 6.45) is 0. The molecule has 2 aromatic carbocycles. The van der Waals surface area contributed by atoms with Gasteiger partial charge < -0.3 is 19.1 Å². The number of fused-ring (bicyclic) bond motifs is 1. The lowest BCUT2D eigenvalue weighted by molar-refractivity contribution is 0.0695. The van der Waals surface area contributed by atoms with Crippen molar-refractivity contribution in [3.63, 3.8) is 0 Å². The maximum absolute atomic E-state index is 11.3. The zero-order chi connectivity index (χ0) is 22.1. The average Bonchev–Trinajstić information content (AvgIpc) is 3.05. The van der Waals surface area contributed by atoms with E-state index >= 15 is 0 Å². The van der Waals surface area contributed by atoms with Crippen LogP contribution >= 0.6 is 15.9 Å². The van der Waals surface area contributed by atoms with Crippen molar-refractivity contribution in [1.82, 2.24) is 14.5 Å². The van der Waals surface area contributed by atoms with Gasteiger partial charge in [0, 0.05) is 29.2 Å². The third kappa shape index (κ3) is 4.25. The van der Waals surface area contributed by atoms with Crippen LogP contribution in [-0.2, 0) is 13.7 Å². The van der Waals surface area contributed by atoms with Gasteiger partial charge in [0.25, 0.3) is 0 Å². The van der Waals surface area contributed by atoms with Crippen molar-refractivity contribution in [2.45, 2.75) is 20.5 Å². The number of aryl methyl sites for hydroxylation is 2. The zero-order valence-electron chi connectivity index (χ0n) is 17.2. The number of hydrogen-bond donors (Lipinski definition) is 1. The predicted molar refractivity (Wildman–Crippen MR) is 120 cm³/mol. The Morgan fingerprint density at radius 2 is 1.94 bits per heavy atom. The number of aromatic nitrogens is 3. The van der Waals surface area contributed by atoms with Crippen LogP contribution in [0.15, 0.2) is 53.0 Å². The highest BCUT2D eigenvalue weighted by molar-refractivity contribution is 9.10. The molecule has 158 valence electrons. The molecule has 4 rings (SSSR count). The Hall–Kier alpha value is -3.39. The lowest BCUT2D eigenvalue weighted by atomic mass is 10.1. The smallest absolute Gasteiger partial charge is 0.336 e. The summed E-state index contributed by atoms with van der Waals surface area (Å²) < 4.78 is 14.6. The number of pyridine rings is 1. The number of ether oxygens (including phenoxy) is 2. The van der Waals surface area contributed by atoms with Crippen LogP contribution in [0.4, 0.5) is 0 Å². The van der Waals surface area contributed by atoms with Gasteiger partial charge in [0.1, 0.15) is 23.9 Å². The molecule has 0 aliphatic carbocycles. The summed E-state index contributed by atoms with van der Waals surface area (Å²) in [6, 6.07) is 14.3. The lowest BCUT2D eigenvalue weighted by Crippen LogP contribution is -2.06. The van der Waals surface area contributed by atoms with Gasteiger partial charge in [0.05, 0.1) is 22.3 Å². The Bertz CT molecular complexity index is 1300. The van der Waals surface area contributed by atoms with Crippen LogP contribution in [0.2, 0.25) is 0 Å². The maximum Gasteiger partial charge on any atom is 0.336 e. The van der Waals surface area contributed by atoms with Crippen LogP contribution in [0.3, 0.4) is 0 Å². The normalized spacial score (nSPS) is 11.0. The molecular formula is C23H20BrN3O4. The van der Waals surface area contributed by atoms with Crippen molar-refractivity contribution in [3.05, 3.63) is 75.6 Å². The van der Waals surface area contributed by atoms with Gasteiger partial charge in [-0.05, 0) is 60.1 Å². The number of carboxylic acids is 1. The van der Waals surface area contributed by atoms with Gasteiger partial charge in [0.15, 0.2) is 0 Å². The van der Waals surface area contributed by atoms with Crippen LogP contribution in [0.5, 0.6) is 17.4 Å². The van der Waals surface area contributed by atoms with Crippen LogP contribution < -0.4 is 9.47 Å². The molecule has 0 unspecified atom stereocenters. The first-order valence-corrected chi connectivity index (χ1v) is 10.3. The van der Waals surface area contributed by atoms with Gasteiger partial charge in [-0.3, -0.25) is 0 Å². The van der Waals surface area contributed by atoms with Crippen molar-refractivity contribution < 1.29 is 19.4 Å². The SMILES string of the molecule is Cc1nc(Oc2ccc3nc(COc4cccc(C(=O)O)c4C)n(C)c3c2)ccc1Br. The summed E-state index contributed by atoms with van der Waals surface area (Å²) in [7, 11) is 1.90. The van der Waals surface area contributed by atoms with E-state index in [1.165, 1.54) is 0 Å². The van der Waals surface area contributed by atoms with Crippen molar-refractivity contribution in [1.29, 1.82) is 0 Å². The molecule has 2 heterocycles. The molecule has 31 heavy (non-hydrogen) atoms. The van der Waals surface area contributed by atoms with Crippen molar-refractivity contribution in [2.24, 2.45) is 7.05 Å². The molecule has 1 N–H and O–H groups in total. The van der Waals surface area contributed by atoms with Crippen LogP contribution in [0.25, 0.3) is 11.0 Å². The van der Waals surface area contributed by atoms with Crippen LogP contribution in [0.1, 0.15) is 27.4 Å². The Balaban J connectivity index is 1.56. The number of imidazole rings is 1. The Morgan fingerprint density at radius 3 is 2.68 bits per heavy atom. The monoisotopic (exact) mass is 481 g/mol.